The topological polar surface area (TPSA) is 54.0 Å². The van der Waals surface area contributed by atoms with Crippen molar-refractivity contribution in [1.82, 2.24) is 19.9 Å². The average Bonchev–Trinajstić information content (AvgIpc) is 3.98. The minimum atomic E-state index is -0.0514. The van der Waals surface area contributed by atoms with E-state index in [0.29, 0.717) is 0 Å². The maximum atomic E-state index is 5.51. The van der Waals surface area contributed by atoms with E-state index in [0.717, 1.165) is 78.2 Å². The van der Waals surface area contributed by atoms with Gasteiger partial charge in [-0.3, -0.25) is 0 Å². The standard InChI is InChI=1S/C54H55IN4.Zn/c1-51(2,3)35-25-33(26-36(29-35)52(4,5)6)49-42-19-17-40(56-42)31-41-18-20-43(57-41)50(34-27-37(53(7,8)9)30-38(28-34)54(10,11)12)47-24-22-45(59-47)48(44-21-23-46(49)58-44)32-13-15-39(55)16-14-32;/h13-31H,1-12H3;/q-2;+2. The van der Waals surface area contributed by atoms with Gasteiger partial charge in [-0.2, -0.15) is 0 Å². The number of fused-ring (bicyclic) bond motifs is 8. The molecule has 8 bridgehead atoms. The SMILES string of the molecule is CC(C)(C)c1cc(-c2c3nc(c(-c4ccc(I)cc4)c4ccc([n-]4)c(-c4cc(C(C)(C)C)cc(C(C)(C)C)c4)c4nc(cc5ccc2[n-]5)C=C4)C=C3)cc(C(C)(C)C)c1.[Zn+2]. The van der Waals surface area contributed by atoms with Crippen molar-refractivity contribution in [3.8, 4) is 33.4 Å². The summed E-state index contributed by atoms with van der Waals surface area (Å²) in [6.07, 6.45) is 8.55. The molecule has 0 saturated heterocycles. The number of hydrogen-bond donors (Lipinski definition) is 0. The molecule has 0 atom stereocenters. The van der Waals surface area contributed by atoms with E-state index in [-0.39, 0.29) is 41.1 Å². The number of benzene rings is 3. The van der Waals surface area contributed by atoms with Crippen molar-refractivity contribution in [3.05, 3.63) is 140 Å². The van der Waals surface area contributed by atoms with Gasteiger partial charge in [-0.05, 0) is 136 Å². The molecule has 4 nitrogen and oxygen atoms in total. The summed E-state index contributed by atoms with van der Waals surface area (Å²) in [5, 5.41) is 0. The van der Waals surface area contributed by atoms with Crippen LogP contribution in [0.4, 0.5) is 0 Å². The first-order valence-corrected chi connectivity index (χ1v) is 21.8. The normalized spacial score (nSPS) is 13.2. The van der Waals surface area contributed by atoms with Gasteiger partial charge in [-0.25, -0.2) is 9.97 Å². The smallest absolute Gasteiger partial charge is 0.657 e. The van der Waals surface area contributed by atoms with E-state index in [4.69, 9.17) is 19.9 Å². The van der Waals surface area contributed by atoms with Crippen molar-refractivity contribution in [2.75, 3.05) is 0 Å². The zero-order chi connectivity index (χ0) is 42.2. The Bertz CT molecular complexity index is 2720. The molecule has 6 aromatic rings. The van der Waals surface area contributed by atoms with Crippen molar-refractivity contribution in [1.29, 1.82) is 0 Å². The summed E-state index contributed by atoms with van der Waals surface area (Å²) >= 11 is 2.37. The third kappa shape index (κ3) is 8.83. The van der Waals surface area contributed by atoms with Crippen LogP contribution in [0.15, 0.2) is 91.0 Å². The Labute approximate surface area is 383 Å². The molecular formula is C54H55IN4Zn. The Morgan fingerprint density at radius 1 is 0.400 bits per heavy atom. The molecule has 0 radical (unpaired) electrons. The molecule has 2 aliphatic rings. The van der Waals surface area contributed by atoms with E-state index in [2.05, 4.69) is 221 Å². The van der Waals surface area contributed by atoms with Gasteiger partial charge in [0.25, 0.3) is 0 Å². The summed E-state index contributed by atoms with van der Waals surface area (Å²) in [5.41, 5.74) is 18.2. The molecule has 3 aromatic heterocycles. The second-order valence-electron chi connectivity index (χ2n) is 20.3. The molecule has 300 valence electrons. The van der Waals surface area contributed by atoms with E-state index in [1.54, 1.807) is 0 Å². The zero-order valence-electron chi connectivity index (χ0n) is 37.3. The summed E-state index contributed by atoms with van der Waals surface area (Å²) < 4.78 is 1.17. The van der Waals surface area contributed by atoms with Crippen LogP contribution in [0.25, 0.3) is 79.8 Å². The average molecular weight is 952 g/mol. The van der Waals surface area contributed by atoms with Crippen LogP contribution < -0.4 is 9.97 Å². The quantitative estimate of drug-likeness (QED) is 0.131. The van der Waals surface area contributed by atoms with E-state index in [1.807, 2.05) is 0 Å². The monoisotopic (exact) mass is 950 g/mol. The van der Waals surface area contributed by atoms with Crippen LogP contribution in [0.1, 0.15) is 128 Å². The number of nitrogens with zero attached hydrogens (tertiary/aromatic N) is 4. The van der Waals surface area contributed by atoms with E-state index < -0.39 is 0 Å². The second kappa shape index (κ2) is 15.8. The molecule has 0 fully saturated rings. The van der Waals surface area contributed by atoms with E-state index >= 15 is 0 Å². The first-order valence-electron chi connectivity index (χ1n) is 20.7. The van der Waals surface area contributed by atoms with Gasteiger partial charge in [0.15, 0.2) is 0 Å². The Morgan fingerprint density at radius 3 is 1.23 bits per heavy atom. The van der Waals surface area contributed by atoms with E-state index in [1.165, 1.54) is 25.8 Å². The fourth-order valence-electron chi connectivity index (χ4n) is 7.80. The summed E-state index contributed by atoms with van der Waals surface area (Å²) in [7, 11) is 0. The molecule has 0 unspecified atom stereocenters. The minimum absolute atomic E-state index is 0. The number of hydrogen-bond acceptors (Lipinski definition) is 2. The number of halogens is 1. The molecule has 8 rings (SSSR count). The molecule has 5 heterocycles. The van der Waals surface area contributed by atoms with Gasteiger partial charge in [0.05, 0.1) is 22.8 Å². The van der Waals surface area contributed by atoms with Crippen molar-refractivity contribution in [3.63, 3.8) is 0 Å². The first-order chi connectivity index (χ1) is 27.6. The predicted octanol–water partition coefficient (Wildman–Crippen LogP) is 14.7. The first kappa shape index (κ1) is 43.7. The summed E-state index contributed by atoms with van der Waals surface area (Å²) in [6, 6.07) is 33.4. The Hall–Kier alpha value is -4.39. The van der Waals surface area contributed by atoms with Gasteiger partial charge in [0.1, 0.15) is 0 Å². The molecule has 0 N–H and O–H groups in total. The van der Waals surface area contributed by atoms with Crippen LogP contribution in [0.2, 0.25) is 0 Å². The van der Waals surface area contributed by atoms with Gasteiger partial charge in [0, 0.05) is 3.57 Å². The Balaban J connectivity index is 0.00000544. The largest absolute Gasteiger partial charge is 2.00 e. The number of rotatable bonds is 3. The Morgan fingerprint density at radius 2 is 0.783 bits per heavy atom. The van der Waals surface area contributed by atoms with Crippen LogP contribution in [0, 0.1) is 3.57 Å². The van der Waals surface area contributed by atoms with Crippen molar-refractivity contribution < 1.29 is 19.5 Å². The molecule has 0 aliphatic carbocycles. The summed E-state index contributed by atoms with van der Waals surface area (Å²) in [5.74, 6) is 0. The predicted molar refractivity (Wildman–Crippen MR) is 261 cm³/mol. The van der Waals surface area contributed by atoms with Gasteiger partial charge in [0.2, 0.25) is 0 Å². The third-order valence-corrected chi connectivity index (χ3v) is 12.2. The number of aromatic nitrogens is 4. The molecule has 0 saturated carbocycles. The molecule has 3 aromatic carbocycles. The maximum Gasteiger partial charge on any atom is 2.00 e. The fourth-order valence-corrected chi connectivity index (χ4v) is 8.16. The Kier molecular flexibility index (Phi) is 11.5. The summed E-state index contributed by atoms with van der Waals surface area (Å²) in [6.45, 7) is 27.4. The minimum Gasteiger partial charge on any atom is -0.657 e. The second-order valence-corrected chi connectivity index (χ2v) is 21.6. The van der Waals surface area contributed by atoms with Crippen LogP contribution in [-0.2, 0) is 41.1 Å². The van der Waals surface area contributed by atoms with Gasteiger partial charge < -0.3 is 9.97 Å². The molecule has 2 aliphatic heterocycles. The van der Waals surface area contributed by atoms with Crippen LogP contribution in [0.3, 0.4) is 0 Å². The molecule has 0 amide bonds. The van der Waals surface area contributed by atoms with E-state index in [9.17, 15) is 0 Å². The third-order valence-electron chi connectivity index (χ3n) is 11.5. The summed E-state index contributed by atoms with van der Waals surface area (Å²) in [4.78, 5) is 21.6. The fraction of sp³-hybridized carbons (Fsp3) is 0.296. The maximum absolute atomic E-state index is 5.51. The van der Waals surface area contributed by atoms with Gasteiger partial charge in [-0.15, -0.1) is 22.1 Å². The van der Waals surface area contributed by atoms with Crippen molar-refractivity contribution in [2.45, 2.75) is 105 Å². The molecule has 0 spiro atoms. The van der Waals surface area contributed by atoms with Gasteiger partial charge in [-0.1, -0.05) is 162 Å². The molecule has 6 heteroatoms. The molecule has 60 heavy (non-hydrogen) atoms. The van der Waals surface area contributed by atoms with Crippen LogP contribution in [0.5, 0.6) is 0 Å². The van der Waals surface area contributed by atoms with Gasteiger partial charge >= 0.3 is 19.5 Å². The molecular weight excluding hydrogens is 897 g/mol. The van der Waals surface area contributed by atoms with Crippen molar-refractivity contribution in [2.24, 2.45) is 0 Å². The van der Waals surface area contributed by atoms with Crippen LogP contribution in [-0.4, -0.2) is 9.97 Å². The zero-order valence-corrected chi connectivity index (χ0v) is 42.5. The van der Waals surface area contributed by atoms with Crippen LogP contribution >= 0.6 is 22.6 Å². The van der Waals surface area contributed by atoms with Crippen molar-refractivity contribution >= 4 is 69.0 Å².